The van der Waals surface area contributed by atoms with Crippen molar-refractivity contribution in [2.24, 2.45) is 0 Å². The van der Waals surface area contributed by atoms with E-state index in [0.717, 1.165) is 37.6 Å². The molecule has 1 saturated heterocycles. The summed E-state index contributed by atoms with van der Waals surface area (Å²) < 4.78 is 6.74. The third-order valence-corrected chi connectivity index (χ3v) is 8.62. The number of fused-ring (bicyclic) bond motifs is 1. The number of aromatic carboxylic acids is 3. The van der Waals surface area contributed by atoms with Crippen LogP contribution in [-0.4, -0.2) is 82.1 Å². The van der Waals surface area contributed by atoms with Crippen LogP contribution in [0.4, 0.5) is 16.2 Å². The van der Waals surface area contributed by atoms with Crippen LogP contribution in [0.1, 0.15) is 87.3 Å². The second-order valence-corrected chi connectivity index (χ2v) is 12.4. The van der Waals surface area contributed by atoms with E-state index in [1.54, 1.807) is 52.0 Å². The monoisotopic (exact) mass is 723 g/mol. The number of hydrogen-bond acceptors (Lipinski definition) is 8. The molecular formula is C32H39BrClN3O9. The van der Waals surface area contributed by atoms with Gasteiger partial charge >= 0.3 is 23.3 Å². The number of rotatable bonds is 7. The number of piperidine rings is 1. The Hall–Kier alpha value is -3.97. The van der Waals surface area contributed by atoms with E-state index in [0.29, 0.717) is 58.1 Å². The summed E-state index contributed by atoms with van der Waals surface area (Å²) in [6.45, 7) is 6.96. The van der Waals surface area contributed by atoms with Gasteiger partial charge in [-0.2, -0.15) is 0 Å². The van der Waals surface area contributed by atoms with Gasteiger partial charge in [-0.05, 0) is 92.1 Å². The van der Waals surface area contributed by atoms with E-state index >= 15 is 0 Å². The summed E-state index contributed by atoms with van der Waals surface area (Å²) in [5.74, 6) is -3.05. The number of phenols is 1. The fourth-order valence-electron chi connectivity index (χ4n) is 5.62. The number of carboxylic acids is 3. The Morgan fingerprint density at radius 2 is 1.54 bits per heavy atom. The van der Waals surface area contributed by atoms with Gasteiger partial charge in [0, 0.05) is 56.4 Å². The van der Waals surface area contributed by atoms with Crippen molar-refractivity contribution in [3.05, 3.63) is 50.6 Å². The fourth-order valence-corrected chi connectivity index (χ4v) is 6.06. The Bertz CT molecular complexity index is 1640. The molecular weight excluding hydrogens is 686 g/mol. The van der Waals surface area contributed by atoms with Crippen LogP contribution in [0.5, 0.6) is 5.75 Å². The van der Waals surface area contributed by atoms with E-state index in [-0.39, 0.29) is 22.4 Å². The second kappa shape index (κ2) is 15.5. The summed E-state index contributed by atoms with van der Waals surface area (Å²) in [6.07, 6.45) is 6.82. The van der Waals surface area contributed by atoms with Crippen LogP contribution in [0, 0.1) is 13.8 Å². The standard InChI is InChI=1S/C17H24N2O4.C12H10BrNO3.C3H5ClO2/c1-10-11(2)14(18(3)4)13(17(22)23)15(12(10)16(20)21)19-8-6-5-7-9-19;13-9-4-10-7(3-11(9)15)8(12(16)17)5-14(10)6-1-2-6;1-2-6-3(4)5/h5-9H2,1-4H3,(H,20,21)(H,22,23);3-6,15H,1-2H2,(H,16,17);2H2,1H3. The lowest BCUT2D eigenvalue weighted by Gasteiger charge is -2.34. The van der Waals surface area contributed by atoms with Crippen molar-refractivity contribution in [3.63, 3.8) is 0 Å². The van der Waals surface area contributed by atoms with Gasteiger partial charge in [-0.3, -0.25) is 0 Å². The smallest absolute Gasteiger partial charge is 0.403 e. The van der Waals surface area contributed by atoms with E-state index < -0.39 is 23.3 Å². The molecule has 1 aromatic heterocycles. The molecule has 0 atom stereocenters. The highest BCUT2D eigenvalue weighted by atomic mass is 79.9. The van der Waals surface area contributed by atoms with E-state index in [2.05, 4.69) is 20.7 Å². The normalized spacial score (nSPS) is 14.0. The lowest BCUT2D eigenvalue weighted by molar-refractivity contribution is 0.0683. The second-order valence-electron chi connectivity index (χ2n) is 11.2. The van der Waals surface area contributed by atoms with Gasteiger partial charge in [0.25, 0.3) is 0 Å². The maximum atomic E-state index is 12.0. The molecule has 0 unspecified atom stereocenters. The van der Waals surface area contributed by atoms with Gasteiger partial charge < -0.3 is 39.5 Å². The van der Waals surface area contributed by atoms with Gasteiger partial charge in [0.1, 0.15) is 11.3 Å². The minimum Gasteiger partial charge on any atom is -0.507 e. The minimum absolute atomic E-state index is 0.0635. The molecule has 2 aliphatic rings. The van der Waals surface area contributed by atoms with Crippen LogP contribution in [0.2, 0.25) is 0 Å². The highest BCUT2D eigenvalue weighted by Crippen LogP contribution is 2.42. The first-order valence-corrected chi connectivity index (χ1v) is 15.9. The summed E-state index contributed by atoms with van der Waals surface area (Å²) in [5, 5.41) is 38.9. The molecule has 1 saturated carbocycles. The molecule has 1 aliphatic carbocycles. The van der Waals surface area contributed by atoms with Gasteiger partial charge in [-0.25, -0.2) is 19.2 Å². The number of anilines is 2. The van der Waals surface area contributed by atoms with Crippen molar-refractivity contribution < 1.29 is 44.3 Å². The van der Waals surface area contributed by atoms with Gasteiger partial charge in [0.2, 0.25) is 0 Å². The van der Waals surface area contributed by atoms with Gasteiger partial charge in [-0.15, -0.1) is 0 Å². The third kappa shape index (κ3) is 8.24. The topological polar surface area (TPSA) is 170 Å². The summed E-state index contributed by atoms with van der Waals surface area (Å²) in [5.41, 5.74) is 2.85. The summed E-state index contributed by atoms with van der Waals surface area (Å²) in [6, 6.07) is 3.68. The summed E-state index contributed by atoms with van der Waals surface area (Å²) in [4.78, 5) is 48.3. The van der Waals surface area contributed by atoms with Crippen molar-refractivity contribution in [2.75, 3.05) is 43.6 Å². The zero-order valence-corrected chi connectivity index (χ0v) is 28.7. The van der Waals surface area contributed by atoms with Crippen LogP contribution >= 0.6 is 27.5 Å². The summed E-state index contributed by atoms with van der Waals surface area (Å²) >= 11 is 7.97. The van der Waals surface area contributed by atoms with Crippen LogP contribution in [0.3, 0.4) is 0 Å². The Labute approximate surface area is 280 Å². The molecule has 12 nitrogen and oxygen atoms in total. The third-order valence-electron chi connectivity index (χ3n) is 7.88. The number of benzene rings is 2. The van der Waals surface area contributed by atoms with Crippen molar-refractivity contribution in [2.45, 2.75) is 58.9 Å². The lowest BCUT2D eigenvalue weighted by Crippen LogP contribution is -2.34. The number of carbonyl (C=O) groups excluding carboxylic acids is 1. The average Bonchev–Trinajstić information content (AvgIpc) is 3.76. The molecule has 46 heavy (non-hydrogen) atoms. The summed E-state index contributed by atoms with van der Waals surface area (Å²) in [7, 11) is 3.57. The predicted octanol–water partition coefficient (Wildman–Crippen LogP) is 7.28. The SMILES string of the molecule is CCOC(=O)Cl.Cc1c(C)c(N(C)C)c(C(=O)O)c(N2CCCCC2)c1C(=O)O.O=C(O)c1cn(C2CC2)c2cc(Br)c(O)cc12. The van der Waals surface area contributed by atoms with Crippen molar-refractivity contribution in [1.82, 2.24) is 4.57 Å². The number of hydrogen-bond donors (Lipinski definition) is 4. The average molecular weight is 725 g/mol. The van der Waals surface area contributed by atoms with Crippen molar-refractivity contribution in [3.8, 4) is 5.75 Å². The Kier molecular flexibility index (Phi) is 12.3. The van der Waals surface area contributed by atoms with E-state index in [4.69, 9.17) is 16.7 Å². The molecule has 2 aromatic carbocycles. The van der Waals surface area contributed by atoms with E-state index in [1.807, 2.05) is 9.47 Å². The number of aromatic hydroxyl groups is 1. The van der Waals surface area contributed by atoms with Gasteiger partial charge in [-0.1, -0.05) is 0 Å². The van der Waals surface area contributed by atoms with Crippen LogP contribution in [0.25, 0.3) is 10.9 Å². The molecule has 1 aliphatic heterocycles. The van der Waals surface area contributed by atoms with E-state index in [9.17, 15) is 34.5 Å². The zero-order valence-electron chi connectivity index (χ0n) is 26.4. The number of ether oxygens (including phenoxy) is 1. The fraction of sp³-hybridized carbons (Fsp3) is 0.438. The van der Waals surface area contributed by atoms with Crippen LogP contribution in [-0.2, 0) is 4.74 Å². The molecule has 4 N–H and O–H groups in total. The maximum Gasteiger partial charge on any atom is 0.403 e. The number of phenolic OH excluding ortho intramolecular Hbond substituents is 1. The number of nitrogens with zero attached hydrogens (tertiary/aromatic N) is 3. The first kappa shape index (κ1) is 36.5. The van der Waals surface area contributed by atoms with Crippen LogP contribution < -0.4 is 9.80 Å². The number of carboxylic acid groups (broad SMARTS) is 3. The van der Waals surface area contributed by atoms with Gasteiger partial charge in [0.15, 0.2) is 0 Å². The molecule has 0 bridgehead atoms. The number of aromatic nitrogens is 1. The van der Waals surface area contributed by atoms with Crippen molar-refractivity contribution in [1.29, 1.82) is 0 Å². The lowest BCUT2D eigenvalue weighted by atomic mass is 9.92. The molecule has 2 fully saturated rings. The zero-order chi connectivity index (χ0) is 34.5. The van der Waals surface area contributed by atoms with Gasteiger partial charge in [0.05, 0.1) is 39.1 Å². The first-order valence-electron chi connectivity index (χ1n) is 14.8. The quantitative estimate of drug-likeness (QED) is 0.181. The molecule has 2 heterocycles. The van der Waals surface area contributed by atoms with Crippen LogP contribution in [0.15, 0.2) is 22.8 Å². The highest BCUT2D eigenvalue weighted by molar-refractivity contribution is 9.10. The molecule has 14 heteroatoms. The molecule has 5 rings (SSSR count). The Morgan fingerprint density at radius 3 is 1.98 bits per heavy atom. The number of carbonyl (C=O) groups is 4. The molecule has 3 aromatic rings. The number of halogens is 2. The van der Waals surface area contributed by atoms with Crippen molar-refractivity contribution >= 4 is 73.1 Å². The molecule has 0 amide bonds. The maximum absolute atomic E-state index is 12.0. The first-order chi connectivity index (χ1) is 21.6. The molecule has 0 radical (unpaired) electrons. The highest BCUT2D eigenvalue weighted by Gasteiger charge is 2.32. The molecule has 0 spiro atoms. The largest absolute Gasteiger partial charge is 0.507 e. The molecule has 250 valence electrons. The predicted molar refractivity (Wildman–Crippen MR) is 180 cm³/mol. The minimum atomic E-state index is -1.08. The van der Waals surface area contributed by atoms with E-state index in [1.165, 1.54) is 6.07 Å². The Morgan fingerprint density at radius 1 is 0.957 bits per heavy atom. The Balaban J connectivity index is 0.000000219.